The Balaban J connectivity index is 2.73. The number of halogens is 3. The third-order valence-corrected chi connectivity index (χ3v) is 2.90. The minimum Gasteiger partial charge on any atom is -0.385 e. The van der Waals surface area contributed by atoms with Gasteiger partial charge in [-0.2, -0.15) is 13.2 Å². The highest BCUT2D eigenvalue weighted by Gasteiger charge is 2.30. The van der Waals surface area contributed by atoms with Crippen LogP contribution in [0.5, 0.6) is 0 Å². The van der Waals surface area contributed by atoms with Crippen molar-refractivity contribution >= 4 is 0 Å². The third-order valence-electron chi connectivity index (χ3n) is 2.90. The number of likely N-dealkylation sites (N-methyl/N-ethyl adjacent to an activating group) is 1. The Bertz CT molecular complexity index is 379. The molecule has 0 aromatic heterocycles. The largest absolute Gasteiger partial charge is 0.416 e. The molecule has 0 aliphatic rings. The maximum absolute atomic E-state index is 12.6. The van der Waals surface area contributed by atoms with Crippen LogP contribution >= 0.6 is 0 Å². The second kappa shape index (κ2) is 7.50. The number of hydrogen-bond acceptors (Lipinski definition) is 2. The first-order chi connectivity index (χ1) is 8.97. The molecular weight excluding hydrogens is 255 g/mol. The molecular formula is C14H20F3NO. The predicted octanol–water partition coefficient (Wildman–Crippen LogP) is 3.26. The summed E-state index contributed by atoms with van der Waals surface area (Å²) in [5, 5.41) is 3.26. The van der Waals surface area contributed by atoms with Gasteiger partial charge in [0.15, 0.2) is 0 Å². The van der Waals surface area contributed by atoms with E-state index in [-0.39, 0.29) is 6.04 Å². The zero-order valence-electron chi connectivity index (χ0n) is 11.3. The van der Waals surface area contributed by atoms with Gasteiger partial charge in [0, 0.05) is 19.8 Å². The van der Waals surface area contributed by atoms with Crippen LogP contribution in [0.25, 0.3) is 0 Å². The van der Waals surface area contributed by atoms with Crippen LogP contribution in [-0.4, -0.2) is 26.3 Å². The molecule has 0 heterocycles. The van der Waals surface area contributed by atoms with Crippen molar-refractivity contribution in [1.29, 1.82) is 0 Å². The average molecular weight is 275 g/mol. The van der Waals surface area contributed by atoms with Gasteiger partial charge in [-0.1, -0.05) is 25.1 Å². The number of methoxy groups -OCH3 is 1. The fourth-order valence-electron chi connectivity index (χ4n) is 1.98. The summed E-state index contributed by atoms with van der Waals surface area (Å²) in [6.07, 6.45) is -2.93. The van der Waals surface area contributed by atoms with E-state index in [0.29, 0.717) is 18.6 Å². The van der Waals surface area contributed by atoms with Crippen molar-refractivity contribution in [3.8, 4) is 0 Å². The molecule has 1 unspecified atom stereocenters. The molecule has 0 aliphatic heterocycles. The molecule has 1 N–H and O–H groups in total. The van der Waals surface area contributed by atoms with Gasteiger partial charge >= 0.3 is 6.18 Å². The molecule has 0 saturated carbocycles. The molecule has 0 fully saturated rings. The van der Waals surface area contributed by atoms with Gasteiger partial charge in [0.1, 0.15) is 0 Å². The molecule has 0 bridgehead atoms. The molecule has 1 atom stereocenters. The van der Waals surface area contributed by atoms with Gasteiger partial charge in [0.25, 0.3) is 0 Å². The fourth-order valence-corrected chi connectivity index (χ4v) is 1.98. The van der Waals surface area contributed by atoms with Gasteiger partial charge in [-0.3, -0.25) is 0 Å². The van der Waals surface area contributed by atoms with Gasteiger partial charge in [0.05, 0.1) is 5.56 Å². The lowest BCUT2D eigenvalue weighted by Gasteiger charge is -2.18. The highest BCUT2D eigenvalue weighted by molar-refractivity contribution is 5.26. The van der Waals surface area contributed by atoms with E-state index >= 15 is 0 Å². The van der Waals surface area contributed by atoms with E-state index in [9.17, 15) is 13.2 Å². The second-order valence-corrected chi connectivity index (χ2v) is 4.44. The van der Waals surface area contributed by atoms with Crippen molar-refractivity contribution in [2.75, 3.05) is 20.3 Å². The van der Waals surface area contributed by atoms with Gasteiger partial charge in [0.2, 0.25) is 0 Å². The number of rotatable bonds is 7. The Hall–Kier alpha value is -1.07. The molecule has 1 rings (SSSR count). The van der Waals surface area contributed by atoms with E-state index in [2.05, 4.69) is 5.32 Å². The van der Waals surface area contributed by atoms with Crippen LogP contribution in [0.1, 0.15) is 24.5 Å². The molecule has 0 radical (unpaired) electrons. The normalized spacial score (nSPS) is 13.5. The monoisotopic (exact) mass is 275 g/mol. The maximum atomic E-state index is 12.6. The number of benzene rings is 1. The number of ether oxygens (including phenoxy) is 1. The highest BCUT2D eigenvalue weighted by atomic mass is 19.4. The molecule has 0 amide bonds. The van der Waals surface area contributed by atoms with E-state index in [4.69, 9.17) is 4.74 Å². The minimum absolute atomic E-state index is 0.133. The summed E-state index contributed by atoms with van der Waals surface area (Å²) in [7, 11) is 1.62. The zero-order chi connectivity index (χ0) is 14.3. The second-order valence-electron chi connectivity index (χ2n) is 4.44. The quantitative estimate of drug-likeness (QED) is 0.824. The molecule has 2 nitrogen and oxygen atoms in total. The molecule has 0 spiro atoms. The van der Waals surface area contributed by atoms with E-state index in [1.54, 1.807) is 13.2 Å². The summed E-state index contributed by atoms with van der Waals surface area (Å²) in [4.78, 5) is 0. The number of alkyl halides is 3. The average Bonchev–Trinajstić information content (AvgIpc) is 2.35. The Morgan fingerprint density at radius 2 is 2.05 bits per heavy atom. The molecule has 1 aromatic carbocycles. The third kappa shape index (κ3) is 5.61. The lowest BCUT2D eigenvalue weighted by molar-refractivity contribution is -0.137. The molecule has 0 aliphatic carbocycles. The van der Waals surface area contributed by atoms with Crippen molar-refractivity contribution < 1.29 is 17.9 Å². The van der Waals surface area contributed by atoms with Gasteiger partial charge in [-0.15, -0.1) is 0 Å². The van der Waals surface area contributed by atoms with Crippen molar-refractivity contribution in [2.24, 2.45) is 0 Å². The molecule has 1 aromatic rings. The van der Waals surface area contributed by atoms with Crippen LogP contribution in [-0.2, 0) is 17.3 Å². The van der Waals surface area contributed by atoms with E-state index in [0.717, 1.165) is 19.0 Å². The first-order valence-electron chi connectivity index (χ1n) is 6.35. The topological polar surface area (TPSA) is 21.3 Å². The summed E-state index contributed by atoms with van der Waals surface area (Å²) < 4.78 is 42.9. The summed E-state index contributed by atoms with van der Waals surface area (Å²) in [5.41, 5.74) is 0.101. The SMILES string of the molecule is CCNC(CCOC)Cc1cccc(C(F)(F)F)c1. The highest BCUT2D eigenvalue weighted by Crippen LogP contribution is 2.29. The standard InChI is InChI=1S/C14H20F3NO/c1-3-18-13(7-8-19-2)10-11-5-4-6-12(9-11)14(15,16)17/h4-6,9,13,18H,3,7-8,10H2,1-2H3. The molecule has 0 saturated heterocycles. The van der Waals surface area contributed by atoms with Crippen LogP contribution < -0.4 is 5.32 Å². The minimum atomic E-state index is -4.28. The molecule has 19 heavy (non-hydrogen) atoms. The summed E-state index contributed by atoms with van der Waals surface area (Å²) in [6, 6.07) is 5.63. The van der Waals surface area contributed by atoms with Crippen molar-refractivity contribution in [3.63, 3.8) is 0 Å². The van der Waals surface area contributed by atoms with Crippen LogP contribution in [0.4, 0.5) is 13.2 Å². The van der Waals surface area contributed by atoms with E-state index in [1.165, 1.54) is 12.1 Å². The zero-order valence-corrected chi connectivity index (χ0v) is 11.3. The Morgan fingerprint density at radius 3 is 2.63 bits per heavy atom. The maximum Gasteiger partial charge on any atom is 0.416 e. The smallest absolute Gasteiger partial charge is 0.385 e. The van der Waals surface area contributed by atoms with Crippen LogP contribution in [0.2, 0.25) is 0 Å². The van der Waals surface area contributed by atoms with Crippen molar-refractivity contribution in [2.45, 2.75) is 32.0 Å². The van der Waals surface area contributed by atoms with Crippen molar-refractivity contribution in [3.05, 3.63) is 35.4 Å². The van der Waals surface area contributed by atoms with Crippen molar-refractivity contribution in [1.82, 2.24) is 5.32 Å². The summed E-state index contributed by atoms with van der Waals surface area (Å²) >= 11 is 0. The van der Waals surface area contributed by atoms with Gasteiger partial charge in [-0.05, 0) is 31.0 Å². The fraction of sp³-hybridized carbons (Fsp3) is 0.571. The predicted molar refractivity (Wildman–Crippen MR) is 69.1 cm³/mol. The van der Waals surface area contributed by atoms with Gasteiger partial charge in [-0.25, -0.2) is 0 Å². The summed E-state index contributed by atoms with van der Waals surface area (Å²) in [6.45, 7) is 3.36. The lowest BCUT2D eigenvalue weighted by atomic mass is 10.0. The van der Waals surface area contributed by atoms with E-state index < -0.39 is 11.7 Å². The summed E-state index contributed by atoms with van der Waals surface area (Å²) in [5.74, 6) is 0. The van der Waals surface area contributed by atoms with E-state index in [1.807, 2.05) is 6.92 Å². The van der Waals surface area contributed by atoms with Crippen LogP contribution in [0.3, 0.4) is 0 Å². The molecule has 5 heteroatoms. The Kier molecular flexibility index (Phi) is 6.31. The Labute approximate surface area is 112 Å². The van der Waals surface area contributed by atoms with Crippen LogP contribution in [0.15, 0.2) is 24.3 Å². The lowest BCUT2D eigenvalue weighted by Crippen LogP contribution is -2.32. The first-order valence-corrected chi connectivity index (χ1v) is 6.35. The van der Waals surface area contributed by atoms with Crippen LogP contribution in [0, 0.1) is 0 Å². The molecule has 108 valence electrons. The first kappa shape index (κ1) is 16.0. The number of nitrogens with one attached hydrogen (secondary N) is 1. The number of hydrogen-bond donors (Lipinski definition) is 1. The Morgan fingerprint density at radius 1 is 1.32 bits per heavy atom. The van der Waals surface area contributed by atoms with Gasteiger partial charge < -0.3 is 10.1 Å².